The first kappa shape index (κ1) is 15.5. The van der Waals surface area contributed by atoms with Gasteiger partial charge < -0.3 is 18.9 Å². The molecule has 1 aromatic carbocycles. The first-order chi connectivity index (χ1) is 8.96. The minimum absolute atomic E-state index is 0.128. The molecule has 0 amide bonds. The van der Waals surface area contributed by atoms with Crippen LogP contribution in [0, 0.1) is 6.92 Å². The molecule has 1 aromatic rings. The van der Waals surface area contributed by atoms with E-state index >= 15 is 0 Å². The highest BCUT2D eigenvalue weighted by Gasteiger charge is 2.26. The summed E-state index contributed by atoms with van der Waals surface area (Å²) in [7, 11) is 4.46. The number of hydrogen-bond donors (Lipinski definition) is 0. The van der Waals surface area contributed by atoms with E-state index in [2.05, 4.69) is 4.74 Å². The smallest absolute Gasteiger partial charge is 0.343 e. The molecule has 19 heavy (non-hydrogen) atoms. The maximum absolute atomic E-state index is 11.1. The van der Waals surface area contributed by atoms with Crippen LogP contribution in [0.2, 0.25) is 0 Å². The molecule has 106 valence electrons. The lowest BCUT2D eigenvalue weighted by molar-refractivity contribution is -0.201. The van der Waals surface area contributed by atoms with Crippen LogP contribution in [-0.2, 0) is 24.8 Å². The van der Waals surface area contributed by atoms with Crippen molar-refractivity contribution in [3.8, 4) is 5.75 Å². The zero-order valence-corrected chi connectivity index (χ0v) is 12.0. The zero-order valence-electron chi connectivity index (χ0n) is 12.0. The normalized spacial score (nSPS) is 11.2. The number of carbonyl (C=O) groups excluding carboxylic acids is 1. The SMILES string of the molecule is COC(=O)COc1cc(C(C)(OC)OC)ccc1C. The number of ether oxygens (including phenoxy) is 4. The van der Waals surface area contributed by atoms with Crippen molar-refractivity contribution in [3.05, 3.63) is 29.3 Å². The van der Waals surface area contributed by atoms with E-state index in [-0.39, 0.29) is 6.61 Å². The summed E-state index contributed by atoms with van der Waals surface area (Å²) in [5, 5.41) is 0. The zero-order chi connectivity index (χ0) is 14.5. The lowest BCUT2D eigenvalue weighted by atomic mass is 10.0. The maximum Gasteiger partial charge on any atom is 0.343 e. The van der Waals surface area contributed by atoms with E-state index in [1.165, 1.54) is 7.11 Å². The third-order valence-electron chi connectivity index (χ3n) is 3.06. The Bertz CT molecular complexity index is 437. The number of aryl methyl sites for hydroxylation is 1. The number of hydrogen-bond acceptors (Lipinski definition) is 5. The molecule has 0 N–H and O–H groups in total. The molecule has 0 spiro atoms. The molecule has 0 aliphatic carbocycles. The largest absolute Gasteiger partial charge is 0.482 e. The van der Waals surface area contributed by atoms with Crippen LogP contribution in [0.15, 0.2) is 18.2 Å². The van der Waals surface area contributed by atoms with E-state index < -0.39 is 11.8 Å². The van der Waals surface area contributed by atoms with Gasteiger partial charge in [-0.15, -0.1) is 0 Å². The van der Waals surface area contributed by atoms with Crippen molar-refractivity contribution in [2.75, 3.05) is 27.9 Å². The van der Waals surface area contributed by atoms with Crippen molar-refractivity contribution in [3.63, 3.8) is 0 Å². The van der Waals surface area contributed by atoms with E-state index in [1.807, 2.05) is 26.0 Å². The van der Waals surface area contributed by atoms with Crippen molar-refractivity contribution in [1.82, 2.24) is 0 Å². The first-order valence-corrected chi connectivity index (χ1v) is 5.88. The van der Waals surface area contributed by atoms with Gasteiger partial charge in [-0.1, -0.05) is 12.1 Å². The molecule has 0 aliphatic rings. The first-order valence-electron chi connectivity index (χ1n) is 5.88. The monoisotopic (exact) mass is 268 g/mol. The molecule has 0 fully saturated rings. The van der Waals surface area contributed by atoms with Gasteiger partial charge in [0.15, 0.2) is 12.4 Å². The summed E-state index contributed by atoms with van der Waals surface area (Å²) in [6.07, 6.45) is 0. The molecule has 0 aromatic heterocycles. The van der Waals surface area contributed by atoms with E-state index in [4.69, 9.17) is 14.2 Å². The molecule has 1 rings (SSSR count). The Hall–Kier alpha value is -1.59. The van der Waals surface area contributed by atoms with Gasteiger partial charge in [0.05, 0.1) is 7.11 Å². The van der Waals surface area contributed by atoms with Crippen LogP contribution in [0.1, 0.15) is 18.1 Å². The quantitative estimate of drug-likeness (QED) is 0.583. The molecule has 5 heteroatoms. The van der Waals surface area contributed by atoms with Crippen LogP contribution in [0.3, 0.4) is 0 Å². The van der Waals surface area contributed by atoms with Crippen LogP contribution in [0.25, 0.3) is 0 Å². The number of rotatable bonds is 6. The highest BCUT2D eigenvalue weighted by molar-refractivity contribution is 5.70. The van der Waals surface area contributed by atoms with Gasteiger partial charge in [0, 0.05) is 19.8 Å². The van der Waals surface area contributed by atoms with Gasteiger partial charge in [-0.25, -0.2) is 4.79 Å². The number of carbonyl (C=O) groups is 1. The van der Waals surface area contributed by atoms with E-state index in [9.17, 15) is 4.79 Å². The molecule has 5 nitrogen and oxygen atoms in total. The molecule has 0 aliphatic heterocycles. The second-order valence-corrected chi connectivity index (χ2v) is 4.20. The fourth-order valence-corrected chi connectivity index (χ4v) is 1.55. The average Bonchev–Trinajstić information content (AvgIpc) is 2.45. The molecule has 0 saturated carbocycles. The second-order valence-electron chi connectivity index (χ2n) is 4.20. The van der Waals surface area contributed by atoms with Gasteiger partial charge in [-0.3, -0.25) is 0 Å². The number of benzene rings is 1. The van der Waals surface area contributed by atoms with Crippen molar-refractivity contribution >= 4 is 5.97 Å². The van der Waals surface area contributed by atoms with Crippen molar-refractivity contribution in [2.24, 2.45) is 0 Å². The third kappa shape index (κ3) is 3.68. The minimum atomic E-state index is -0.850. The molecule has 0 bridgehead atoms. The molecule has 0 saturated heterocycles. The van der Waals surface area contributed by atoms with Gasteiger partial charge in [-0.2, -0.15) is 0 Å². The van der Waals surface area contributed by atoms with Crippen LogP contribution in [-0.4, -0.2) is 33.9 Å². The molecule has 0 unspecified atom stereocenters. The Morgan fingerprint density at radius 1 is 1.21 bits per heavy atom. The van der Waals surface area contributed by atoms with Crippen LogP contribution in [0.5, 0.6) is 5.75 Å². The predicted molar refractivity (Wildman–Crippen MR) is 70.1 cm³/mol. The van der Waals surface area contributed by atoms with Gasteiger partial charge in [0.1, 0.15) is 5.75 Å². The Kier molecular flexibility index (Phi) is 5.32. The van der Waals surface area contributed by atoms with Crippen molar-refractivity contribution < 1.29 is 23.7 Å². The van der Waals surface area contributed by atoms with Crippen molar-refractivity contribution in [2.45, 2.75) is 19.6 Å². The molecular formula is C14H20O5. The van der Waals surface area contributed by atoms with Crippen LogP contribution in [0.4, 0.5) is 0 Å². The molecule has 0 heterocycles. The van der Waals surface area contributed by atoms with Gasteiger partial charge in [0.2, 0.25) is 0 Å². The fraction of sp³-hybridized carbons (Fsp3) is 0.500. The Balaban J connectivity index is 2.97. The van der Waals surface area contributed by atoms with Crippen LogP contribution < -0.4 is 4.74 Å². The van der Waals surface area contributed by atoms with E-state index in [0.29, 0.717) is 5.75 Å². The van der Waals surface area contributed by atoms with E-state index in [0.717, 1.165) is 11.1 Å². The Morgan fingerprint density at radius 2 is 1.84 bits per heavy atom. The van der Waals surface area contributed by atoms with Crippen LogP contribution >= 0.6 is 0 Å². The summed E-state index contributed by atoms with van der Waals surface area (Å²) < 4.78 is 20.7. The minimum Gasteiger partial charge on any atom is -0.482 e. The Labute approximate surface area is 113 Å². The van der Waals surface area contributed by atoms with Gasteiger partial charge in [-0.05, 0) is 25.5 Å². The van der Waals surface area contributed by atoms with Gasteiger partial charge in [0.25, 0.3) is 0 Å². The molecule has 0 atom stereocenters. The maximum atomic E-state index is 11.1. The van der Waals surface area contributed by atoms with Gasteiger partial charge >= 0.3 is 5.97 Å². The van der Waals surface area contributed by atoms with E-state index in [1.54, 1.807) is 20.3 Å². The highest BCUT2D eigenvalue weighted by atomic mass is 16.7. The summed E-state index contributed by atoms with van der Waals surface area (Å²) in [4.78, 5) is 11.1. The number of esters is 1. The highest BCUT2D eigenvalue weighted by Crippen LogP contribution is 2.30. The lowest BCUT2D eigenvalue weighted by Crippen LogP contribution is -2.26. The van der Waals surface area contributed by atoms with Crippen molar-refractivity contribution in [1.29, 1.82) is 0 Å². The summed E-state index contributed by atoms with van der Waals surface area (Å²) in [6.45, 7) is 3.58. The average molecular weight is 268 g/mol. The number of methoxy groups -OCH3 is 3. The molecular weight excluding hydrogens is 248 g/mol. The second kappa shape index (κ2) is 6.54. The standard InChI is InChI=1S/C14H20O5/c1-10-6-7-11(14(2,17-4)18-5)8-12(10)19-9-13(15)16-3/h6-8H,9H2,1-5H3. The summed E-state index contributed by atoms with van der Waals surface area (Å²) in [5.74, 6) is -0.675. The molecule has 0 radical (unpaired) electrons. The summed E-state index contributed by atoms with van der Waals surface area (Å²) >= 11 is 0. The topological polar surface area (TPSA) is 54.0 Å². The summed E-state index contributed by atoms with van der Waals surface area (Å²) in [6, 6.07) is 5.58. The predicted octanol–water partition coefficient (Wildman–Crippen LogP) is 2.01. The fourth-order valence-electron chi connectivity index (χ4n) is 1.55. The third-order valence-corrected chi connectivity index (χ3v) is 3.06. The summed E-state index contributed by atoms with van der Waals surface area (Å²) in [5.41, 5.74) is 1.73. The Morgan fingerprint density at radius 3 is 2.37 bits per heavy atom. The lowest BCUT2D eigenvalue weighted by Gasteiger charge is -2.27.